The minimum Gasteiger partial charge on any atom is -0.566 e. The first-order chi connectivity index (χ1) is 11.1. The Balaban J connectivity index is -0.0000000702. The molecule has 4 unspecified atom stereocenters. The van der Waals surface area contributed by atoms with E-state index in [1.165, 1.54) is 0 Å². The van der Waals surface area contributed by atoms with E-state index in [4.69, 9.17) is 46.4 Å². The van der Waals surface area contributed by atoms with Gasteiger partial charge in [0.2, 0.25) is 0 Å². The normalized spacial score (nSPS) is 10.9. The SMILES string of the molecule is O=[P+]([O-])OCCl.O=[P+]([O-])OCCl.O=[P+]([O-])OCCl.O=[P+]([O-])OCCl.[Zr+4]. The van der Waals surface area contributed by atoms with Crippen LogP contribution in [0.25, 0.3) is 0 Å². The van der Waals surface area contributed by atoms with E-state index < -0.39 is 33.0 Å². The number of halogens is 4. The molecule has 0 spiro atoms. The average Bonchev–Trinajstić information content (AvgIpc) is 2.39. The summed E-state index contributed by atoms with van der Waals surface area (Å²) >= 11 is 19.2. The Labute approximate surface area is 184 Å². The summed E-state index contributed by atoms with van der Waals surface area (Å²) in [5.74, 6) is 0. The summed E-state index contributed by atoms with van der Waals surface area (Å²) in [6.07, 6.45) is 0. The third-order valence-electron chi connectivity index (χ3n) is 0.617. The first kappa shape index (κ1) is 37.8. The van der Waals surface area contributed by atoms with Crippen molar-refractivity contribution in [3.8, 4) is 0 Å². The van der Waals surface area contributed by atoms with Crippen LogP contribution in [0.15, 0.2) is 0 Å². The second-order valence-electron chi connectivity index (χ2n) is 1.85. The van der Waals surface area contributed by atoms with Crippen LogP contribution in [0.4, 0.5) is 0 Å². The molecular formula is C4H8Cl4O12P4Zr+4. The standard InChI is InChI=1S/4CH2ClO3P.Zr/c4*2-1-5-6(3)4;/h4*1H2;/q;;;;+4. The predicted octanol–water partition coefficient (Wildman–Crippen LogP) is 0.865. The molecule has 21 heteroatoms. The molecule has 0 aliphatic carbocycles. The van der Waals surface area contributed by atoms with Gasteiger partial charge in [0, 0.05) is 0 Å². The van der Waals surface area contributed by atoms with Crippen molar-refractivity contribution < 1.29 is 82.1 Å². The van der Waals surface area contributed by atoms with Crippen molar-refractivity contribution in [2.75, 3.05) is 24.3 Å². The molecule has 0 aromatic carbocycles. The van der Waals surface area contributed by atoms with E-state index in [2.05, 4.69) is 18.1 Å². The van der Waals surface area contributed by atoms with E-state index in [0.29, 0.717) is 0 Å². The van der Waals surface area contributed by atoms with Gasteiger partial charge >= 0.3 is 59.2 Å². The van der Waals surface area contributed by atoms with Crippen molar-refractivity contribution in [3.05, 3.63) is 0 Å². The molecule has 25 heavy (non-hydrogen) atoms. The fourth-order valence-corrected chi connectivity index (χ4v) is 1.43. The summed E-state index contributed by atoms with van der Waals surface area (Å²) in [4.78, 5) is 37.3. The summed E-state index contributed by atoms with van der Waals surface area (Å²) in [7, 11) is -10.9. The summed E-state index contributed by atoms with van der Waals surface area (Å²) in [5, 5.41) is 0. The minimum atomic E-state index is -2.73. The maximum absolute atomic E-state index is 9.33. The fourth-order valence-electron chi connectivity index (χ4n) is 0.159. The Morgan fingerprint density at radius 2 is 0.640 bits per heavy atom. The zero-order chi connectivity index (χ0) is 20.0. The van der Waals surface area contributed by atoms with Gasteiger partial charge in [-0.2, -0.15) is 0 Å². The molecule has 0 aliphatic rings. The van der Waals surface area contributed by atoms with Crippen LogP contribution in [-0.2, 0) is 62.6 Å². The Bertz CT molecular complexity index is 289. The molecule has 144 valence electrons. The van der Waals surface area contributed by atoms with Crippen molar-refractivity contribution in [1.82, 2.24) is 0 Å². The number of hydrogen-bond donors (Lipinski definition) is 0. The van der Waals surface area contributed by atoms with Gasteiger partial charge in [-0.05, 0) is 18.3 Å². The van der Waals surface area contributed by atoms with Gasteiger partial charge in [-0.15, -0.1) is 18.1 Å². The fraction of sp³-hybridized carbons (Fsp3) is 1.00. The molecule has 0 aliphatic heterocycles. The number of alkyl halides is 4. The third kappa shape index (κ3) is 76.2. The van der Waals surface area contributed by atoms with Crippen molar-refractivity contribution in [2.24, 2.45) is 0 Å². The molecule has 0 amide bonds. The van der Waals surface area contributed by atoms with E-state index in [1.54, 1.807) is 0 Å². The smallest absolute Gasteiger partial charge is 0.566 e. The van der Waals surface area contributed by atoms with Crippen LogP contribution in [-0.4, -0.2) is 24.3 Å². The third-order valence-corrected chi connectivity index (χ3v) is 3.02. The predicted molar refractivity (Wildman–Crippen MR) is 77.6 cm³/mol. The van der Waals surface area contributed by atoms with Gasteiger partial charge in [0.05, 0.1) is 0 Å². The molecular weight excluding hydrogens is 597 g/mol. The van der Waals surface area contributed by atoms with Crippen LogP contribution >= 0.6 is 79.4 Å². The van der Waals surface area contributed by atoms with Crippen LogP contribution in [0.3, 0.4) is 0 Å². The van der Waals surface area contributed by atoms with Crippen LogP contribution in [0.5, 0.6) is 0 Å². The Morgan fingerprint density at radius 3 is 0.640 bits per heavy atom. The quantitative estimate of drug-likeness (QED) is 0.280. The topological polar surface area (TPSA) is 197 Å². The summed E-state index contributed by atoms with van der Waals surface area (Å²) in [6.45, 7) is 0. The molecule has 0 bridgehead atoms. The molecule has 0 N–H and O–H groups in total. The van der Waals surface area contributed by atoms with Gasteiger partial charge in [-0.25, -0.2) is 0 Å². The van der Waals surface area contributed by atoms with Gasteiger partial charge in [-0.1, -0.05) is 46.4 Å². The summed E-state index contributed by atoms with van der Waals surface area (Å²) < 4.78 is 52.4. The Morgan fingerprint density at radius 1 is 0.520 bits per heavy atom. The molecule has 4 atom stereocenters. The van der Waals surface area contributed by atoms with Crippen molar-refractivity contribution in [3.63, 3.8) is 0 Å². The largest absolute Gasteiger partial charge is 4.00 e. The monoisotopic (exact) mass is 602 g/mol. The van der Waals surface area contributed by atoms with Crippen LogP contribution in [0.1, 0.15) is 0 Å². The van der Waals surface area contributed by atoms with Crippen LogP contribution in [0.2, 0.25) is 0 Å². The van der Waals surface area contributed by atoms with E-state index in [0.717, 1.165) is 0 Å². The zero-order valence-electron chi connectivity index (χ0n) is 11.5. The first-order valence-electron chi connectivity index (χ1n) is 4.41. The molecule has 0 saturated heterocycles. The van der Waals surface area contributed by atoms with Gasteiger partial charge in [0.15, 0.2) is 24.3 Å². The molecule has 0 rings (SSSR count). The van der Waals surface area contributed by atoms with E-state index in [9.17, 15) is 37.8 Å². The van der Waals surface area contributed by atoms with Crippen LogP contribution in [0, 0.1) is 0 Å². The number of rotatable bonds is 8. The summed E-state index contributed by atoms with van der Waals surface area (Å²) in [5.41, 5.74) is 0. The Hall–Kier alpha value is 2.12. The molecule has 0 saturated carbocycles. The second-order valence-corrected chi connectivity index (χ2v) is 5.54. The molecule has 0 heterocycles. The van der Waals surface area contributed by atoms with Crippen molar-refractivity contribution >= 4 is 79.4 Å². The van der Waals surface area contributed by atoms with Gasteiger partial charge < -0.3 is 19.6 Å². The maximum atomic E-state index is 9.33. The van der Waals surface area contributed by atoms with E-state index in [1.807, 2.05) is 0 Å². The second kappa shape index (κ2) is 33.7. The minimum absolute atomic E-state index is 0. The molecule has 0 aromatic heterocycles. The van der Waals surface area contributed by atoms with Gasteiger partial charge in [0.25, 0.3) is 0 Å². The van der Waals surface area contributed by atoms with E-state index in [-0.39, 0.29) is 50.5 Å². The van der Waals surface area contributed by atoms with Gasteiger partial charge in [0.1, 0.15) is 0 Å². The first-order valence-corrected chi connectivity index (χ1v) is 10.9. The molecule has 0 radical (unpaired) electrons. The Kier molecular flexibility index (Phi) is 51.0. The zero-order valence-corrected chi connectivity index (χ0v) is 20.6. The van der Waals surface area contributed by atoms with Gasteiger partial charge in [-0.3, -0.25) is 0 Å². The summed E-state index contributed by atoms with van der Waals surface area (Å²) in [6, 6.07) is -1.17. The molecule has 12 nitrogen and oxygen atoms in total. The van der Waals surface area contributed by atoms with Crippen molar-refractivity contribution in [2.45, 2.75) is 0 Å². The van der Waals surface area contributed by atoms with Crippen LogP contribution < -0.4 is 19.6 Å². The molecule has 0 fully saturated rings. The van der Waals surface area contributed by atoms with Crippen molar-refractivity contribution in [1.29, 1.82) is 0 Å². The van der Waals surface area contributed by atoms with E-state index >= 15 is 0 Å². The molecule has 0 aromatic rings. The number of hydrogen-bond acceptors (Lipinski definition) is 12. The average molecular weight is 605 g/mol. The maximum Gasteiger partial charge on any atom is 4.00 e.